The molecule has 0 saturated carbocycles. The second-order valence-electron chi connectivity index (χ2n) is 4.45. The summed E-state index contributed by atoms with van der Waals surface area (Å²) in [5.41, 5.74) is 3.37. The van der Waals surface area contributed by atoms with Crippen LogP contribution in [0, 0.1) is 6.92 Å². The summed E-state index contributed by atoms with van der Waals surface area (Å²) in [5, 5.41) is 3.40. The molecule has 1 fully saturated rings. The van der Waals surface area contributed by atoms with Crippen LogP contribution >= 0.6 is 0 Å². The minimum absolute atomic E-state index is 0.645. The largest absolute Gasteiger partial charge is 0.341 e. The second-order valence-corrected chi connectivity index (χ2v) is 4.45. The molecule has 0 unspecified atom stereocenters. The highest BCUT2D eigenvalue weighted by Gasteiger charge is 2.18. The summed E-state index contributed by atoms with van der Waals surface area (Å²) in [6.45, 7) is 4.21. The molecule has 16 heavy (non-hydrogen) atoms. The van der Waals surface area contributed by atoms with Crippen molar-refractivity contribution in [3.8, 4) is 0 Å². The van der Waals surface area contributed by atoms with E-state index < -0.39 is 0 Å². The van der Waals surface area contributed by atoms with Crippen molar-refractivity contribution >= 4 is 11.2 Å². The van der Waals surface area contributed by atoms with Gasteiger partial charge in [-0.2, -0.15) is 0 Å². The highest BCUT2D eigenvalue weighted by Crippen LogP contribution is 2.29. The van der Waals surface area contributed by atoms with Gasteiger partial charge >= 0.3 is 0 Å². The smallest absolute Gasteiger partial charge is 0.177 e. The van der Waals surface area contributed by atoms with Gasteiger partial charge in [0.2, 0.25) is 0 Å². The summed E-state index contributed by atoms with van der Waals surface area (Å²) in [4.78, 5) is 12.0. The first-order valence-electron chi connectivity index (χ1n) is 5.86. The lowest BCUT2D eigenvalue weighted by molar-refractivity contribution is 0.462. The van der Waals surface area contributed by atoms with Gasteiger partial charge in [0.1, 0.15) is 5.82 Å². The van der Waals surface area contributed by atoms with Crippen LogP contribution in [0.15, 0.2) is 12.3 Å². The molecule has 1 saturated heterocycles. The van der Waals surface area contributed by atoms with E-state index in [1.165, 1.54) is 18.4 Å². The number of aromatic amines is 1. The van der Waals surface area contributed by atoms with Crippen molar-refractivity contribution in [3.63, 3.8) is 0 Å². The average molecular weight is 216 g/mol. The monoisotopic (exact) mass is 216 g/mol. The van der Waals surface area contributed by atoms with E-state index in [2.05, 4.69) is 26.3 Å². The zero-order valence-corrected chi connectivity index (χ0v) is 9.45. The van der Waals surface area contributed by atoms with Crippen LogP contribution < -0.4 is 5.32 Å². The van der Waals surface area contributed by atoms with Crippen LogP contribution in [0.2, 0.25) is 0 Å². The molecule has 2 aromatic rings. The summed E-state index contributed by atoms with van der Waals surface area (Å²) in [6, 6.07) is 2.13. The molecule has 0 spiro atoms. The maximum Gasteiger partial charge on any atom is 0.177 e. The SMILES string of the molecule is Cc1nc2nccc(C3CCNCC3)c2[nH]1. The molecular weight excluding hydrogens is 200 g/mol. The number of piperidine rings is 1. The van der Waals surface area contributed by atoms with Gasteiger partial charge in [0, 0.05) is 6.20 Å². The van der Waals surface area contributed by atoms with Crippen LogP contribution in [0.4, 0.5) is 0 Å². The predicted molar refractivity (Wildman–Crippen MR) is 63.5 cm³/mol. The van der Waals surface area contributed by atoms with E-state index >= 15 is 0 Å². The van der Waals surface area contributed by atoms with Gasteiger partial charge in [-0.05, 0) is 50.4 Å². The number of hydrogen-bond donors (Lipinski definition) is 2. The fraction of sp³-hybridized carbons (Fsp3) is 0.500. The van der Waals surface area contributed by atoms with Crippen molar-refractivity contribution in [2.24, 2.45) is 0 Å². The molecule has 2 aromatic heterocycles. The van der Waals surface area contributed by atoms with Gasteiger partial charge in [0.15, 0.2) is 5.65 Å². The van der Waals surface area contributed by atoms with Crippen LogP contribution in [0.5, 0.6) is 0 Å². The van der Waals surface area contributed by atoms with E-state index in [4.69, 9.17) is 0 Å². The molecule has 3 heterocycles. The third-order valence-electron chi connectivity index (χ3n) is 3.32. The van der Waals surface area contributed by atoms with Crippen LogP contribution in [-0.2, 0) is 0 Å². The standard InChI is InChI=1S/C12H16N4/c1-8-15-11-10(4-7-14-12(11)16-8)9-2-5-13-6-3-9/h4,7,9,13H,2-3,5-6H2,1H3,(H,14,15,16). The number of H-pyrrole nitrogens is 1. The molecule has 3 rings (SSSR count). The van der Waals surface area contributed by atoms with Crippen molar-refractivity contribution in [1.29, 1.82) is 0 Å². The van der Waals surface area contributed by atoms with E-state index in [1.807, 2.05) is 13.1 Å². The molecule has 0 bridgehead atoms. The Bertz CT molecular complexity index is 497. The third-order valence-corrected chi connectivity index (χ3v) is 3.32. The molecule has 4 heteroatoms. The Labute approximate surface area is 94.5 Å². The minimum Gasteiger partial charge on any atom is -0.341 e. The first-order chi connectivity index (χ1) is 7.84. The van der Waals surface area contributed by atoms with Gasteiger partial charge in [0.25, 0.3) is 0 Å². The van der Waals surface area contributed by atoms with Gasteiger partial charge in [-0.25, -0.2) is 9.97 Å². The van der Waals surface area contributed by atoms with Gasteiger partial charge in [0.05, 0.1) is 5.52 Å². The third kappa shape index (κ3) is 1.59. The molecule has 1 aliphatic heterocycles. The molecule has 2 N–H and O–H groups in total. The molecule has 0 amide bonds. The van der Waals surface area contributed by atoms with E-state index in [9.17, 15) is 0 Å². The number of aryl methyl sites for hydroxylation is 1. The molecule has 1 aliphatic rings. The molecule has 0 atom stereocenters. The Kier molecular flexibility index (Phi) is 2.36. The normalized spacial score (nSPS) is 18.1. The van der Waals surface area contributed by atoms with Crippen LogP contribution in [0.1, 0.15) is 30.1 Å². The summed E-state index contributed by atoms with van der Waals surface area (Å²) in [7, 11) is 0. The first kappa shape index (κ1) is 9.78. The topological polar surface area (TPSA) is 53.6 Å². The maximum absolute atomic E-state index is 4.39. The van der Waals surface area contributed by atoms with E-state index in [0.717, 1.165) is 30.1 Å². The highest BCUT2D eigenvalue weighted by molar-refractivity contribution is 5.75. The minimum atomic E-state index is 0.645. The lowest BCUT2D eigenvalue weighted by Gasteiger charge is -2.23. The highest BCUT2D eigenvalue weighted by atomic mass is 15.0. The second kappa shape index (κ2) is 3.87. The van der Waals surface area contributed by atoms with Gasteiger partial charge in [-0.15, -0.1) is 0 Å². The maximum atomic E-state index is 4.39. The van der Waals surface area contributed by atoms with Gasteiger partial charge in [-0.1, -0.05) is 0 Å². The van der Waals surface area contributed by atoms with Crippen LogP contribution in [0.3, 0.4) is 0 Å². The average Bonchev–Trinajstić information content (AvgIpc) is 2.70. The van der Waals surface area contributed by atoms with Crippen molar-refractivity contribution in [2.75, 3.05) is 13.1 Å². The number of aromatic nitrogens is 3. The molecule has 0 aromatic carbocycles. The fourth-order valence-corrected chi connectivity index (χ4v) is 2.52. The van der Waals surface area contributed by atoms with E-state index in [0.29, 0.717) is 5.92 Å². The summed E-state index contributed by atoms with van der Waals surface area (Å²) in [5.74, 6) is 1.59. The Morgan fingerprint density at radius 1 is 1.31 bits per heavy atom. The number of imidazole rings is 1. The zero-order chi connectivity index (χ0) is 11.0. The van der Waals surface area contributed by atoms with Gasteiger partial charge in [-0.3, -0.25) is 0 Å². The van der Waals surface area contributed by atoms with Crippen LogP contribution in [0.25, 0.3) is 11.2 Å². The number of fused-ring (bicyclic) bond motifs is 1. The Hall–Kier alpha value is -1.42. The lowest BCUT2D eigenvalue weighted by Crippen LogP contribution is -2.26. The quantitative estimate of drug-likeness (QED) is 0.763. The number of hydrogen-bond acceptors (Lipinski definition) is 3. The molecule has 0 radical (unpaired) electrons. The van der Waals surface area contributed by atoms with Crippen molar-refractivity contribution in [2.45, 2.75) is 25.7 Å². The Balaban J connectivity index is 2.07. The molecule has 4 nitrogen and oxygen atoms in total. The number of nitrogens with one attached hydrogen (secondary N) is 2. The summed E-state index contributed by atoms with van der Waals surface area (Å²) in [6.07, 6.45) is 4.29. The van der Waals surface area contributed by atoms with Gasteiger partial charge < -0.3 is 10.3 Å². The number of nitrogens with zero attached hydrogens (tertiary/aromatic N) is 2. The van der Waals surface area contributed by atoms with Crippen molar-refractivity contribution in [3.05, 3.63) is 23.7 Å². The van der Waals surface area contributed by atoms with E-state index in [-0.39, 0.29) is 0 Å². The van der Waals surface area contributed by atoms with Crippen molar-refractivity contribution < 1.29 is 0 Å². The van der Waals surface area contributed by atoms with E-state index in [1.54, 1.807) is 0 Å². The predicted octanol–water partition coefficient (Wildman–Crippen LogP) is 1.73. The number of rotatable bonds is 1. The Morgan fingerprint density at radius 3 is 2.94 bits per heavy atom. The first-order valence-corrected chi connectivity index (χ1v) is 5.86. The molecule has 84 valence electrons. The number of pyridine rings is 1. The fourth-order valence-electron chi connectivity index (χ4n) is 2.52. The summed E-state index contributed by atoms with van der Waals surface area (Å²) >= 11 is 0. The Morgan fingerprint density at radius 2 is 2.12 bits per heavy atom. The van der Waals surface area contributed by atoms with Crippen molar-refractivity contribution in [1.82, 2.24) is 20.3 Å². The zero-order valence-electron chi connectivity index (χ0n) is 9.45. The lowest BCUT2D eigenvalue weighted by atomic mass is 9.90. The summed E-state index contributed by atoms with van der Waals surface area (Å²) < 4.78 is 0. The molecule has 0 aliphatic carbocycles. The van der Waals surface area contributed by atoms with Crippen LogP contribution in [-0.4, -0.2) is 28.0 Å². The molecular formula is C12H16N4.